The quantitative estimate of drug-likeness (QED) is 0.562. The highest BCUT2D eigenvalue weighted by Crippen LogP contribution is 2.28. The fourth-order valence-electron chi connectivity index (χ4n) is 2.40. The molecule has 0 aliphatic carbocycles. The Bertz CT molecular complexity index is 829. The lowest BCUT2D eigenvalue weighted by Crippen LogP contribution is -2.00. The maximum Gasteiger partial charge on any atom is 0.269 e. The van der Waals surface area contributed by atoms with Gasteiger partial charge in [-0.25, -0.2) is 0 Å². The Morgan fingerprint density at radius 2 is 1.73 bits per heavy atom. The second kappa shape index (κ2) is 5.73. The van der Waals surface area contributed by atoms with Crippen LogP contribution in [0.15, 0.2) is 60.7 Å². The lowest BCUT2D eigenvalue weighted by atomic mass is 10.0. The molecule has 0 aromatic heterocycles. The third kappa shape index (κ3) is 2.69. The van der Waals surface area contributed by atoms with Crippen LogP contribution in [0.25, 0.3) is 10.8 Å². The van der Waals surface area contributed by atoms with Gasteiger partial charge < -0.3 is 10.4 Å². The Labute approximate surface area is 127 Å². The predicted molar refractivity (Wildman–Crippen MR) is 86.0 cm³/mol. The number of non-ortho nitro benzene ring substituents is 1. The van der Waals surface area contributed by atoms with Crippen LogP contribution in [0.3, 0.4) is 0 Å². The smallest absolute Gasteiger partial charge is 0.269 e. The predicted octanol–water partition coefficient (Wildman–Crippen LogP) is 4.07. The Morgan fingerprint density at radius 1 is 1.00 bits per heavy atom. The lowest BCUT2D eigenvalue weighted by Gasteiger charge is -2.11. The summed E-state index contributed by atoms with van der Waals surface area (Å²) in [7, 11) is 0. The van der Waals surface area contributed by atoms with E-state index in [4.69, 9.17) is 0 Å². The first-order chi connectivity index (χ1) is 10.6. The lowest BCUT2D eigenvalue weighted by molar-refractivity contribution is -0.384. The van der Waals surface area contributed by atoms with E-state index in [9.17, 15) is 15.2 Å². The molecule has 3 aromatic rings. The first-order valence-electron chi connectivity index (χ1n) is 6.83. The molecule has 0 saturated heterocycles. The van der Waals surface area contributed by atoms with Crippen LogP contribution in [0.1, 0.15) is 5.56 Å². The molecular weight excluding hydrogens is 280 g/mol. The van der Waals surface area contributed by atoms with Gasteiger partial charge in [0.15, 0.2) is 0 Å². The number of aromatic hydroxyl groups is 1. The molecule has 0 unspecified atom stereocenters. The first kappa shape index (κ1) is 13.9. The number of nitro groups is 1. The minimum Gasteiger partial charge on any atom is -0.508 e. The number of fused-ring (bicyclic) bond motifs is 1. The van der Waals surface area contributed by atoms with Crippen molar-refractivity contribution in [1.29, 1.82) is 0 Å². The molecule has 3 aromatic carbocycles. The standard InChI is InChI=1S/C17H14N2O3/c20-17-10-5-12-3-1-2-4-15(12)16(17)11-18-13-6-8-14(9-7-13)19(21)22/h1-10,18,20H,11H2. The number of phenolic OH excluding ortho intramolecular Hbond substituents is 1. The number of nitrogens with zero attached hydrogens (tertiary/aromatic N) is 1. The third-order valence-electron chi connectivity index (χ3n) is 3.56. The summed E-state index contributed by atoms with van der Waals surface area (Å²) in [6.07, 6.45) is 0. The highest BCUT2D eigenvalue weighted by Gasteiger charge is 2.08. The minimum atomic E-state index is -0.430. The van der Waals surface area contributed by atoms with Crippen molar-refractivity contribution in [3.05, 3.63) is 76.3 Å². The van der Waals surface area contributed by atoms with Crippen molar-refractivity contribution >= 4 is 22.1 Å². The summed E-state index contributed by atoms with van der Waals surface area (Å²) < 4.78 is 0. The van der Waals surface area contributed by atoms with Crippen LogP contribution in [-0.4, -0.2) is 10.0 Å². The van der Waals surface area contributed by atoms with Gasteiger partial charge in [0.1, 0.15) is 5.75 Å². The van der Waals surface area contributed by atoms with E-state index in [2.05, 4.69) is 5.32 Å². The summed E-state index contributed by atoms with van der Waals surface area (Å²) in [5.74, 6) is 0.230. The van der Waals surface area contributed by atoms with Crippen molar-refractivity contribution in [2.75, 3.05) is 5.32 Å². The fourth-order valence-corrected chi connectivity index (χ4v) is 2.40. The molecule has 0 spiro atoms. The SMILES string of the molecule is O=[N+]([O-])c1ccc(NCc2c(O)ccc3ccccc23)cc1. The van der Waals surface area contributed by atoms with Crippen molar-refractivity contribution in [3.63, 3.8) is 0 Å². The number of phenols is 1. The molecule has 3 rings (SSSR count). The van der Waals surface area contributed by atoms with Crippen molar-refractivity contribution in [2.24, 2.45) is 0 Å². The summed E-state index contributed by atoms with van der Waals surface area (Å²) in [6, 6.07) is 17.6. The fraction of sp³-hybridized carbons (Fsp3) is 0.0588. The van der Waals surface area contributed by atoms with E-state index in [1.807, 2.05) is 30.3 Å². The third-order valence-corrected chi connectivity index (χ3v) is 3.56. The van der Waals surface area contributed by atoms with Crippen LogP contribution < -0.4 is 5.32 Å². The number of benzene rings is 3. The van der Waals surface area contributed by atoms with E-state index >= 15 is 0 Å². The molecule has 0 aliphatic heterocycles. The van der Waals surface area contributed by atoms with Gasteiger partial charge >= 0.3 is 0 Å². The van der Waals surface area contributed by atoms with Crippen LogP contribution in [0.2, 0.25) is 0 Å². The topological polar surface area (TPSA) is 75.4 Å². The van der Waals surface area contributed by atoms with Crippen molar-refractivity contribution in [3.8, 4) is 5.75 Å². The van der Waals surface area contributed by atoms with E-state index in [0.29, 0.717) is 6.54 Å². The Morgan fingerprint density at radius 3 is 2.45 bits per heavy atom. The molecule has 5 nitrogen and oxygen atoms in total. The van der Waals surface area contributed by atoms with Gasteiger partial charge in [0.2, 0.25) is 0 Å². The molecule has 0 bridgehead atoms. The molecule has 22 heavy (non-hydrogen) atoms. The average Bonchev–Trinajstić information content (AvgIpc) is 2.54. The largest absolute Gasteiger partial charge is 0.508 e. The first-order valence-corrected chi connectivity index (χ1v) is 6.83. The van der Waals surface area contributed by atoms with E-state index in [0.717, 1.165) is 22.0 Å². The molecule has 0 radical (unpaired) electrons. The van der Waals surface area contributed by atoms with E-state index in [-0.39, 0.29) is 11.4 Å². The van der Waals surface area contributed by atoms with Gasteiger partial charge in [0.05, 0.1) is 4.92 Å². The molecule has 0 atom stereocenters. The van der Waals surface area contributed by atoms with Crippen molar-refractivity contribution in [1.82, 2.24) is 0 Å². The van der Waals surface area contributed by atoms with E-state index in [1.54, 1.807) is 18.2 Å². The molecule has 0 heterocycles. The van der Waals surface area contributed by atoms with Gasteiger partial charge in [-0.05, 0) is 29.0 Å². The zero-order chi connectivity index (χ0) is 15.5. The minimum absolute atomic E-state index is 0.0542. The van der Waals surface area contributed by atoms with Gasteiger partial charge in [-0.15, -0.1) is 0 Å². The zero-order valence-electron chi connectivity index (χ0n) is 11.7. The molecule has 0 saturated carbocycles. The van der Waals surface area contributed by atoms with Gasteiger partial charge in [0, 0.05) is 29.9 Å². The van der Waals surface area contributed by atoms with Crippen LogP contribution in [0.4, 0.5) is 11.4 Å². The monoisotopic (exact) mass is 294 g/mol. The number of anilines is 1. The van der Waals surface area contributed by atoms with Crippen molar-refractivity contribution in [2.45, 2.75) is 6.54 Å². The van der Waals surface area contributed by atoms with Crippen LogP contribution >= 0.6 is 0 Å². The number of nitrogens with one attached hydrogen (secondary N) is 1. The van der Waals surface area contributed by atoms with Gasteiger partial charge in [-0.1, -0.05) is 30.3 Å². The second-order valence-corrected chi connectivity index (χ2v) is 4.94. The number of hydrogen-bond acceptors (Lipinski definition) is 4. The normalized spacial score (nSPS) is 10.5. The van der Waals surface area contributed by atoms with E-state index in [1.165, 1.54) is 12.1 Å². The average molecular weight is 294 g/mol. The van der Waals surface area contributed by atoms with Crippen LogP contribution in [0, 0.1) is 10.1 Å². The van der Waals surface area contributed by atoms with Crippen LogP contribution in [0.5, 0.6) is 5.75 Å². The van der Waals surface area contributed by atoms with Gasteiger partial charge in [-0.3, -0.25) is 10.1 Å². The zero-order valence-corrected chi connectivity index (χ0v) is 11.7. The summed E-state index contributed by atoms with van der Waals surface area (Å²) in [5.41, 5.74) is 1.62. The number of hydrogen-bond donors (Lipinski definition) is 2. The Hall–Kier alpha value is -3.08. The second-order valence-electron chi connectivity index (χ2n) is 4.94. The molecular formula is C17H14N2O3. The summed E-state index contributed by atoms with van der Waals surface area (Å²) in [5, 5.41) is 25.9. The molecule has 110 valence electrons. The summed E-state index contributed by atoms with van der Waals surface area (Å²) >= 11 is 0. The maximum atomic E-state index is 10.6. The summed E-state index contributed by atoms with van der Waals surface area (Å²) in [4.78, 5) is 10.2. The highest BCUT2D eigenvalue weighted by atomic mass is 16.6. The Balaban J connectivity index is 1.84. The summed E-state index contributed by atoms with van der Waals surface area (Å²) in [6.45, 7) is 0.436. The molecule has 0 aliphatic rings. The van der Waals surface area contributed by atoms with E-state index < -0.39 is 4.92 Å². The molecule has 0 fully saturated rings. The van der Waals surface area contributed by atoms with Crippen LogP contribution in [-0.2, 0) is 6.54 Å². The number of nitro benzene ring substituents is 1. The highest BCUT2D eigenvalue weighted by molar-refractivity contribution is 5.87. The molecule has 2 N–H and O–H groups in total. The van der Waals surface area contributed by atoms with Gasteiger partial charge in [0.25, 0.3) is 5.69 Å². The van der Waals surface area contributed by atoms with Gasteiger partial charge in [-0.2, -0.15) is 0 Å². The van der Waals surface area contributed by atoms with Crippen molar-refractivity contribution < 1.29 is 10.0 Å². The maximum absolute atomic E-state index is 10.6. The Kier molecular flexibility index (Phi) is 3.62. The number of rotatable bonds is 4. The molecule has 5 heteroatoms. The molecule has 0 amide bonds.